The van der Waals surface area contributed by atoms with E-state index in [1.54, 1.807) is 11.0 Å². The van der Waals surface area contributed by atoms with Gasteiger partial charge in [-0.25, -0.2) is 14.4 Å². The van der Waals surface area contributed by atoms with Gasteiger partial charge in [0.2, 0.25) is 0 Å². The molecular weight excluding hydrogens is 307 g/mol. The summed E-state index contributed by atoms with van der Waals surface area (Å²) in [4.78, 5) is 13.4. The van der Waals surface area contributed by atoms with Crippen LogP contribution in [0.15, 0.2) is 36.8 Å². The Labute approximate surface area is 139 Å². The molecule has 2 aromatic heterocycles. The van der Waals surface area contributed by atoms with E-state index in [2.05, 4.69) is 24.9 Å². The van der Waals surface area contributed by atoms with Gasteiger partial charge in [-0.15, -0.1) is 0 Å². The van der Waals surface area contributed by atoms with E-state index < -0.39 is 0 Å². The highest BCUT2D eigenvalue weighted by Crippen LogP contribution is 2.24. The smallest absolute Gasteiger partial charge is 0.163 e. The molecule has 1 saturated heterocycles. The van der Waals surface area contributed by atoms with Crippen LogP contribution in [0.4, 0.5) is 15.9 Å². The van der Waals surface area contributed by atoms with Crippen molar-refractivity contribution in [3.63, 3.8) is 0 Å². The summed E-state index contributed by atoms with van der Waals surface area (Å²) in [6.07, 6.45) is 4.44. The second-order valence-corrected chi connectivity index (χ2v) is 6.01. The maximum absolute atomic E-state index is 13.1. The number of aromatic nitrogens is 4. The molecule has 0 bridgehead atoms. The fraction of sp³-hybridized carbons (Fsp3) is 0.353. The van der Waals surface area contributed by atoms with E-state index >= 15 is 0 Å². The number of halogens is 1. The average molecular weight is 326 g/mol. The molecule has 0 radical (unpaired) electrons. The fourth-order valence-electron chi connectivity index (χ4n) is 3.24. The first-order valence-electron chi connectivity index (χ1n) is 8.10. The largest absolute Gasteiger partial charge is 0.370 e. The van der Waals surface area contributed by atoms with Crippen LogP contribution < -0.4 is 9.80 Å². The number of fused-ring (bicyclic) bond motifs is 1. The van der Waals surface area contributed by atoms with Gasteiger partial charge in [-0.2, -0.15) is 5.10 Å². The molecule has 3 aromatic rings. The minimum atomic E-state index is -0.199. The molecule has 0 N–H and O–H groups in total. The quantitative estimate of drug-likeness (QED) is 0.723. The monoisotopic (exact) mass is 326 g/mol. The highest BCUT2D eigenvalue weighted by Gasteiger charge is 2.19. The molecule has 1 aliphatic rings. The highest BCUT2D eigenvalue weighted by atomic mass is 19.1. The van der Waals surface area contributed by atoms with Crippen molar-refractivity contribution in [1.82, 2.24) is 19.7 Å². The summed E-state index contributed by atoms with van der Waals surface area (Å²) in [5.41, 5.74) is 1.91. The van der Waals surface area contributed by atoms with E-state index in [1.807, 2.05) is 25.4 Å². The average Bonchev–Trinajstić information content (AvgIpc) is 2.83. The van der Waals surface area contributed by atoms with E-state index in [4.69, 9.17) is 0 Å². The Kier molecular flexibility index (Phi) is 3.76. The first-order chi connectivity index (χ1) is 11.7. The number of rotatable bonds is 2. The van der Waals surface area contributed by atoms with Crippen LogP contribution in [0.3, 0.4) is 0 Å². The topological polar surface area (TPSA) is 50.1 Å². The zero-order valence-corrected chi connectivity index (χ0v) is 13.6. The maximum Gasteiger partial charge on any atom is 0.163 e. The van der Waals surface area contributed by atoms with Crippen molar-refractivity contribution in [2.45, 2.75) is 6.42 Å². The molecule has 3 heterocycles. The molecule has 24 heavy (non-hydrogen) atoms. The van der Waals surface area contributed by atoms with Crippen molar-refractivity contribution in [2.75, 3.05) is 36.0 Å². The summed E-state index contributed by atoms with van der Waals surface area (Å²) >= 11 is 0. The molecule has 1 aromatic carbocycles. The normalized spacial score (nSPS) is 15.8. The minimum Gasteiger partial charge on any atom is -0.370 e. The molecular formula is C17H19FN6. The van der Waals surface area contributed by atoms with Gasteiger partial charge in [-0.05, 0) is 30.7 Å². The summed E-state index contributed by atoms with van der Waals surface area (Å²) in [5.74, 6) is 0.740. The van der Waals surface area contributed by atoms with E-state index in [0.717, 1.165) is 55.1 Å². The van der Waals surface area contributed by atoms with Gasteiger partial charge in [0, 0.05) is 38.9 Å². The van der Waals surface area contributed by atoms with Crippen LogP contribution in [-0.2, 0) is 7.05 Å². The molecule has 0 spiro atoms. The Balaban J connectivity index is 1.57. The van der Waals surface area contributed by atoms with Crippen molar-refractivity contribution >= 4 is 22.5 Å². The van der Waals surface area contributed by atoms with Crippen molar-refractivity contribution in [1.29, 1.82) is 0 Å². The summed E-state index contributed by atoms with van der Waals surface area (Å²) in [5, 5.41) is 5.27. The van der Waals surface area contributed by atoms with Crippen LogP contribution in [0.2, 0.25) is 0 Å². The van der Waals surface area contributed by atoms with Crippen molar-refractivity contribution < 1.29 is 4.39 Å². The molecule has 1 fully saturated rings. The number of hydrogen-bond acceptors (Lipinski definition) is 5. The molecule has 7 heteroatoms. The number of hydrogen-bond donors (Lipinski definition) is 0. The molecule has 1 aliphatic heterocycles. The highest BCUT2D eigenvalue weighted by molar-refractivity contribution is 5.86. The van der Waals surface area contributed by atoms with Crippen molar-refractivity contribution in [3.05, 3.63) is 42.6 Å². The lowest BCUT2D eigenvalue weighted by atomic mass is 10.2. The van der Waals surface area contributed by atoms with E-state index in [1.165, 1.54) is 12.1 Å². The predicted molar refractivity (Wildman–Crippen MR) is 91.7 cm³/mol. The standard InChI is InChI=1S/C17H19FN6/c1-22-16-15(11-21-22)17(20-12-19-16)24-8-2-7-23(9-10-24)14-5-3-13(18)4-6-14/h3-6,11-12H,2,7-10H2,1H3. The van der Waals surface area contributed by atoms with Crippen LogP contribution in [0.5, 0.6) is 0 Å². The maximum atomic E-state index is 13.1. The Morgan fingerprint density at radius 3 is 2.54 bits per heavy atom. The van der Waals surface area contributed by atoms with Gasteiger partial charge in [0.1, 0.15) is 18.0 Å². The van der Waals surface area contributed by atoms with Crippen LogP contribution in [0.1, 0.15) is 6.42 Å². The summed E-state index contributed by atoms with van der Waals surface area (Å²) in [6.45, 7) is 3.61. The summed E-state index contributed by atoms with van der Waals surface area (Å²) in [7, 11) is 1.89. The van der Waals surface area contributed by atoms with Gasteiger partial charge in [-0.1, -0.05) is 0 Å². The van der Waals surface area contributed by atoms with Gasteiger partial charge in [0.05, 0.1) is 11.6 Å². The van der Waals surface area contributed by atoms with Gasteiger partial charge in [0.15, 0.2) is 5.65 Å². The predicted octanol–water partition coefficient (Wildman–Crippen LogP) is 2.22. The fourth-order valence-corrected chi connectivity index (χ4v) is 3.24. The Morgan fingerprint density at radius 1 is 0.958 bits per heavy atom. The van der Waals surface area contributed by atoms with Crippen LogP contribution in [0, 0.1) is 5.82 Å². The SMILES string of the molecule is Cn1ncc2c(N3CCCN(c4ccc(F)cc4)CC3)ncnc21. The van der Waals surface area contributed by atoms with E-state index in [0.29, 0.717) is 0 Å². The molecule has 0 saturated carbocycles. The Morgan fingerprint density at radius 2 is 1.71 bits per heavy atom. The lowest BCUT2D eigenvalue weighted by Crippen LogP contribution is -2.31. The third-order valence-corrected chi connectivity index (χ3v) is 4.50. The second kappa shape index (κ2) is 6.07. The molecule has 4 rings (SSSR count). The van der Waals surface area contributed by atoms with Gasteiger partial charge in [-0.3, -0.25) is 4.68 Å². The van der Waals surface area contributed by atoms with Crippen LogP contribution in [-0.4, -0.2) is 45.9 Å². The molecule has 0 unspecified atom stereocenters. The Bertz CT molecular complexity index is 844. The summed E-state index contributed by atoms with van der Waals surface area (Å²) in [6, 6.07) is 6.72. The molecule has 0 aliphatic carbocycles. The molecule has 6 nitrogen and oxygen atoms in total. The third kappa shape index (κ3) is 2.66. The summed E-state index contributed by atoms with van der Waals surface area (Å²) < 4.78 is 14.9. The number of benzene rings is 1. The lowest BCUT2D eigenvalue weighted by molar-refractivity contribution is 0.627. The number of nitrogens with zero attached hydrogens (tertiary/aromatic N) is 6. The van der Waals surface area contributed by atoms with Gasteiger partial charge < -0.3 is 9.80 Å². The van der Waals surface area contributed by atoms with Gasteiger partial charge >= 0.3 is 0 Å². The van der Waals surface area contributed by atoms with E-state index in [9.17, 15) is 4.39 Å². The number of anilines is 2. The molecule has 0 atom stereocenters. The Hall–Kier alpha value is -2.70. The number of aryl methyl sites for hydroxylation is 1. The van der Waals surface area contributed by atoms with E-state index in [-0.39, 0.29) is 5.82 Å². The second-order valence-electron chi connectivity index (χ2n) is 6.01. The third-order valence-electron chi connectivity index (χ3n) is 4.50. The minimum absolute atomic E-state index is 0.199. The van der Waals surface area contributed by atoms with Crippen molar-refractivity contribution in [2.24, 2.45) is 7.05 Å². The first kappa shape index (κ1) is 14.9. The zero-order valence-electron chi connectivity index (χ0n) is 13.6. The molecule has 124 valence electrons. The molecule has 0 amide bonds. The van der Waals surface area contributed by atoms with Crippen molar-refractivity contribution in [3.8, 4) is 0 Å². The van der Waals surface area contributed by atoms with Crippen LogP contribution in [0.25, 0.3) is 11.0 Å². The first-order valence-corrected chi connectivity index (χ1v) is 8.10. The lowest BCUT2D eigenvalue weighted by Gasteiger charge is -2.24. The van der Waals surface area contributed by atoms with Gasteiger partial charge in [0.25, 0.3) is 0 Å². The zero-order chi connectivity index (χ0) is 16.5. The van der Waals surface area contributed by atoms with Crippen LogP contribution >= 0.6 is 0 Å².